The van der Waals surface area contributed by atoms with Crippen molar-refractivity contribution in [2.24, 2.45) is 0 Å². The van der Waals surface area contributed by atoms with Gasteiger partial charge in [0.15, 0.2) is 17.2 Å². The molecule has 3 aromatic rings. The third-order valence-electron chi connectivity index (χ3n) is 5.49. The summed E-state index contributed by atoms with van der Waals surface area (Å²) < 4.78 is 12.4. The van der Waals surface area contributed by atoms with Crippen LogP contribution in [0.3, 0.4) is 0 Å². The molecule has 1 aliphatic heterocycles. The van der Waals surface area contributed by atoms with Gasteiger partial charge in [0.25, 0.3) is 5.91 Å². The predicted octanol–water partition coefficient (Wildman–Crippen LogP) is 2.96. The maximum atomic E-state index is 13.3. The van der Waals surface area contributed by atoms with Gasteiger partial charge in [0.1, 0.15) is 6.04 Å². The van der Waals surface area contributed by atoms with E-state index in [1.807, 2.05) is 36.4 Å². The van der Waals surface area contributed by atoms with E-state index in [-0.39, 0.29) is 11.6 Å². The zero-order valence-corrected chi connectivity index (χ0v) is 18.1. The highest BCUT2D eigenvalue weighted by Gasteiger charge is 2.26. The number of hydrogen-bond donors (Lipinski definition) is 2. The van der Waals surface area contributed by atoms with Crippen LogP contribution < -0.4 is 20.1 Å². The van der Waals surface area contributed by atoms with E-state index in [0.29, 0.717) is 30.0 Å². The number of ether oxygens (including phenoxy) is 2. The monoisotopic (exact) mass is 434 g/mol. The number of methoxy groups -OCH3 is 2. The molecule has 0 bridgehead atoms. The van der Waals surface area contributed by atoms with Crippen molar-refractivity contribution in [2.75, 3.05) is 20.8 Å². The van der Waals surface area contributed by atoms with Crippen LogP contribution in [-0.4, -0.2) is 48.4 Å². The maximum Gasteiger partial charge on any atom is 0.273 e. The standard InChI is InChI=1S/C24H26N4O4/c1-31-20-12-11-16(14-21(20)32-2)18-15-28(17-8-4-3-5-9-17)27-22(18)24(30)26-19-10-6-7-13-25-23(19)29/h3-5,8-9,11-12,14-15,19H,6-7,10,13H2,1-2H3,(H,25,29)(H,26,30). The lowest BCUT2D eigenvalue weighted by atomic mass is 10.0. The number of benzene rings is 2. The van der Waals surface area contributed by atoms with Gasteiger partial charge < -0.3 is 20.1 Å². The molecule has 2 amide bonds. The number of hydrogen-bond acceptors (Lipinski definition) is 5. The molecule has 2 aromatic carbocycles. The van der Waals surface area contributed by atoms with Crippen molar-refractivity contribution in [3.05, 3.63) is 60.4 Å². The molecule has 8 nitrogen and oxygen atoms in total. The van der Waals surface area contributed by atoms with Crippen molar-refractivity contribution < 1.29 is 19.1 Å². The van der Waals surface area contributed by atoms with Gasteiger partial charge in [0, 0.05) is 18.3 Å². The molecule has 1 unspecified atom stereocenters. The second-order valence-electron chi connectivity index (χ2n) is 7.55. The molecule has 1 aliphatic rings. The van der Waals surface area contributed by atoms with E-state index in [4.69, 9.17) is 9.47 Å². The average molecular weight is 434 g/mol. The first kappa shape index (κ1) is 21.4. The molecule has 0 radical (unpaired) electrons. The summed E-state index contributed by atoms with van der Waals surface area (Å²) in [4.78, 5) is 25.6. The molecule has 0 aliphatic carbocycles. The Kier molecular flexibility index (Phi) is 6.39. The molecule has 1 atom stereocenters. The van der Waals surface area contributed by atoms with Crippen LogP contribution in [0.25, 0.3) is 16.8 Å². The minimum Gasteiger partial charge on any atom is -0.493 e. The second-order valence-corrected chi connectivity index (χ2v) is 7.55. The molecular weight excluding hydrogens is 408 g/mol. The Bertz CT molecular complexity index is 1110. The second kappa shape index (κ2) is 9.55. The summed E-state index contributed by atoms with van der Waals surface area (Å²) in [6, 6.07) is 14.4. The van der Waals surface area contributed by atoms with E-state index in [0.717, 1.165) is 24.1 Å². The van der Waals surface area contributed by atoms with Gasteiger partial charge >= 0.3 is 0 Å². The Morgan fingerprint density at radius 3 is 2.62 bits per heavy atom. The average Bonchev–Trinajstić information content (AvgIpc) is 3.19. The fourth-order valence-corrected chi connectivity index (χ4v) is 3.77. The van der Waals surface area contributed by atoms with E-state index < -0.39 is 11.9 Å². The molecule has 0 saturated carbocycles. The molecule has 166 valence electrons. The molecule has 4 rings (SSSR count). The Morgan fingerprint density at radius 2 is 1.88 bits per heavy atom. The third kappa shape index (κ3) is 4.44. The topological polar surface area (TPSA) is 94.5 Å². The molecule has 0 spiro atoms. The lowest BCUT2D eigenvalue weighted by molar-refractivity contribution is -0.122. The molecule has 1 aromatic heterocycles. The molecule has 8 heteroatoms. The third-order valence-corrected chi connectivity index (χ3v) is 5.49. The largest absolute Gasteiger partial charge is 0.493 e. The van der Waals surface area contributed by atoms with Gasteiger partial charge in [0.05, 0.1) is 19.9 Å². The molecule has 32 heavy (non-hydrogen) atoms. The number of carbonyl (C=O) groups excluding carboxylic acids is 2. The normalized spacial score (nSPS) is 16.1. The quantitative estimate of drug-likeness (QED) is 0.622. The summed E-state index contributed by atoms with van der Waals surface area (Å²) in [6.07, 6.45) is 4.17. The van der Waals surface area contributed by atoms with Crippen LogP contribution in [0.2, 0.25) is 0 Å². The van der Waals surface area contributed by atoms with E-state index in [1.54, 1.807) is 37.2 Å². The fourth-order valence-electron chi connectivity index (χ4n) is 3.77. The summed E-state index contributed by atoms with van der Waals surface area (Å²) in [5.74, 6) is 0.581. The maximum absolute atomic E-state index is 13.3. The van der Waals surface area contributed by atoms with E-state index in [2.05, 4.69) is 15.7 Å². The zero-order chi connectivity index (χ0) is 22.5. The highest BCUT2D eigenvalue weighted by Crippen LogP contribution is 2.34. The molecule has 2 heterocycles. The number of nitrogens with zero attached hydrogens (tertiary/aromatic N) is 2. The van der Waals surface area contributed by atoms with Crippen molar-refractivity contribution in [3.63, 3.8) is 0 Å². The van der Waals surface area contributed by atoms with Crippen molar-refractivity contribution in [1.29, 1.82) is 0 Å². The van der Waals surface area contributed by atoms with Crippen molar-refractivity contribution in [3.8, 4) is 28.3 Å². The van der Waals surface area contributed by atoms with Gasteiger partial charge in [0.2, 0.25) is 5.91 Å². The van der Waals surface area contributed by atoms with E-state index in [1.165, 1.54) is 0 Å². The zero-order valence-electron chi connectivity index (χ0n) is 18.1. The number of carbonyl (C=O) groups is 2. The lowest BCUT2D eigenvalue weighted by Crippen LogP contribution is -2.45. The SMILES string of the molecule is COc1ccc(-c2cn(-c3ccccc3)nc2C(=O)NC2CCCCNC2=O)cc1OC. The molecule has 1 saturated heterocycles. The molecule has 2 N–H and O–H groups in total. The lowest BCUT2D eigenvalue weighted by Gasteiger charge is -2.15. The van der Waals surface area contributed by atoms with Crippen molar-refractivity contribution >= 4 is 11.8 Å². The van der Waals surface area contributed by atoms with Crippen LogP contribution in [0.1, 0.15) is 29.8 Å². The van der Waals surface area contributed by atoms with Gasteiger partial charge in [-0.3, -0.25) is 9.59 Å². The van der Waals surface area contributed by atoms with Crippen LogP contribution >= 0.6 is 0 Å². The van der Waals surface area contributed by atoms with Gasteiger partial charge in [-0.05, 0) is 49.1 Å². The van der Waals surface area contributed by atoms with Crippen LogP contribution in [0, 0.1) is 0 Å². The Balaban J connectivity index is 1.74. The van der Waals surface area contributed by atoms with Crippen LogP contribution in [-0.2, 0) is 4.79 Å². The number of rotatable bonds is 6. The Morgan fingerprint density at radius 1 is 1.09 bits per heavy atom. The first-order valence-electron chi connectivity index (χ1n) is 10.6. The predicted molar refractivity (Wildman–Crippen MR) is 120 cm³/mol. The van der Waals surface area contributed by atoms with Gasteiger partial charge in [-0.15, -0.1) is 0 Å². The van der Waals surface area contributed by atoms with Crippen LogP contribution in [0.5, 0.6) is 11.5 Å². The van der Waals surface area contributed by atoms with E-state index >= 15 is 0 Å². The highest BCUT2D eigenvalue weighted by molar-refractivity contribution is 6.01. The van der Waals surface area contributed by atoms with Crippen LogP contribution in [0.4, 0.5) is 0 Å². The first-order valence-corrected chi connectivity index (χ1v) is 10.6. The van der Waals surface area contributed by atoms with Gasteiger partial charge in [-0.25, -0.2) is 4.68 Å². The number of nitrogens with one attached hydrogen (secondary N) is 2. The highest BCUT2D eigenvalue weighted by atomic mass is 16.5. The fraction of sp³-hybridized carbons (Fsp3) is 0.292. The Hall–Kier alpha value is -3.81. The van der Waals surface area contributed by atoms with E-state index in [9.17, 15) is 9.59 Å². The summed E-state index contributed by atoms with van der Waals surface area (Å²) in [7, 11) is 3.13. The number of amides is 2. The minimum absolute atomic E-state index is 0.161. The smallest absolute Gasteiger partial charge is 0.273 e. The van der Waals surface area contributed by atoms with Gasteiger partial charge in [-0.1, -0.05) is 24.3 Å². The van der Waals surface area contributed by atoms with Crippen molar-refractivity contribution in [2.45, 2.75) is 25.3 Å². The molecule has 1 fully saturated rings. The molecular formula is C24H26N4O4. The van der Waals surface area contributed by atoms with Gasteiger partial charge in [-0.2, -0.15) is 5.10 Å². The first-order chi connectivity index (χ1) is 15.6. The number of aromatic nitrogens is 2. The summed E-state index contributed by atoms with van der Waals surface area (Å²) in [6.45, 7) is 0.630. The number of para-hydroxylation sites is 1. The summed E-state index contributed by atoms with van der Waals surface area (Å²) >= 11 is 0. The summed E-state index contributed by atoms with van der Waals surface area (Å²) in [5.41, 5.74) is 2.43. The Labute approximate surface area is 186 Å². The van der Waals surface area contributed by atoms with Crippen molar-refractivity contribution in [1.82, 2.24) is 20.4 Å². The minimum atomic E-state index is -0.579. The summed E-state index contributed by atoms with van der Waals surface area (Å²) in [5, 5.41) is 10.3. The van der Waals surface area contributed by atoms with Crippen LogP contribution in [0.15, 0.2) is 54.7 Å².